The van der Waals surface area contributed by atoms with E-state index in [1.54, 1.807) is 12.2 Å². The second-order valence-corrected chi connectivity index (χ2v) is 6.68. The van der Waals surface area contributed by atoms with Gasteiger partial charge in [-0.15, -0.1) is 0 Å². The monoisotopic (exact) mass is 320 g/mol. The molecule has 1 aliphatic carbocycles. The Morgan fingerprint density at radius 2 is 2.00 bits per heavy atom. The zero-order chi connectivity index (χ0) is 16.9. The van der Waals surface area contributed by atoms with Gasteiger partial charge in [0.15, 0.2) is 0 Å². The predicted octanol–water partition coefficient (Wildman–Crippen LogP) is 4.55. The Kier molecular flexibility index (Phi) is 10.5. The third kappa shape index (κ3) is 11.0. The van der Waals surface area contributed by atoms with Crippen molar-refractivity contribution in [3.63, 3.8) is 0 Å². The summed E-state index contributed by atoms with van der Waals surface area (Å²) in [6.45, 7) is 2.16. The van der Waals surface area contributed by atoms with E-state index >= 15 is 0 Å². The van der Waals surface area contributed by atoms with Gasteiger partial charge in [0, 0.05) is 12.8 Å². The van der Waals surface area contributed by atoms with Crippen molar-refractivity contribution < 1.29 is 15.0 Å². The predicted molar refractivity (Wildman–Crippen MR) is 94.0 cm³/mol. The average molecular weight is 320 g/mol. The van der Waals surface area contributed by atoms with Gasteiger partial charge in [0.25, 0.3) is 0 Å². The van der Waals surface area contributed by atoms with Crippen molar-refractivity contribution in [2.45, 2.75) is 83.7 Å². The van der Waals surface area contributed by atoms with Crippen LogP contribution < -0.4 is 0 Å². The molecule has 1 rings (SSSR count). The zero-order valence-electron chi connectivity index (χ0n) is 14.5. The van der Waals surface area contributed by atoms with Crippen LogP contribution in [0.5, 0.6) is 0 Å². The topological polar surface area (TPSA) is 57.5 Å². The van der Waals surface area contributed by atoms with Crippen molar-refractivity contribution in [3.8, 4) is 11.8 Å². The van der Waals surface area contributed by atoms with E-state index in [1.165, 1.54) is 25.7 Å². The van der Waals surface area contributed by atoms with Crippen LogP contribution in [0.2, 0.25) is 0 Å². The molecule has 0 bridgehead atoms. The molecule has 1 aliphatic rings. The number of carboxylic acid groups (broad SMARTS) is 1. The van der Waals surface area contributed by atoms with Gasteiger partial charge in [-0.25, -0.2) is 0 Å². The number of rotatable bonds is 12. The first kappa shape index (κ1) is 19.8. The minimum absolute atomic E-state index is 0.305. The quantitative estimate of drug-likeness (QED) is 0.410. The summed E-state index contributed by atoms with van der Waals surface area (Å²) in [5.41, 5.74) is 0. The lowest BCUT2D eigenvalue weighted by Crippen LogP contribution is -2.00. The Morgan fingerprint density at radius 1 is 1.22 bits per heavy atom. The van der Waals surface area contributed by atoms with Crippen LogP contribution in [0.4, 0.5) is 0 Å². The van der Waals surface area contributed by atoms with Crippen molar-refractivity contribution >= 4 is 5.97 Å². The molecule has 0 aromatic heterocycles. The van der Waals surface area contributed by atoms with E-state index in [0.29, 0.717) is 6.42 Å². The molecule has 1 fully saturated rings. The van der Waals surface area contributed by atoms with Crippen LogP contribution in [0, 0.1) is 23.7 Å². The Balaban J connectivity index is 1.98. The summed E-state index contributed by atoms with van der Waals surface area (Å²) >= 11 is 0. The molecule has 0 aromatic carbocycles. The summed E-state index contributed by atoms with van der Waals surface area (Å²) in [6.07, 6.45) is 14.2. The molecule has 0 saturated heterocycles. The van der Waals surface area contributed by atoms with E-state index in [4.69, 9.17) is 5.11 Å². The van der Waals surface area contributed by atoms with E-state index in [1.807, 2.05) is 0 Å². The standard InChI is InChI=1S/C20H32O3/c1-2-3-6-13-19(21)14-8-5-4-7-11-17-16-18(17)12-9-10-15-20(22)23/h8,14,17-19,21H,2-3,6-7,9-13,15-16H2,1H3,(H,22,23)/b14-8+/t17-,18+,19-/m0/s1. The summed E-state index contributed by atoms with van der Waals surface area (Å²) in [5, 5.41) is 18.3. The minimum atomic E-state index is -0.684. The number of aliphatic carboxylic acids is 1. The number of aliphatic hydroxyl groups is 1. The number of hydrogen-bond acceptors (Lipinski definition) is 2. The zero-order valence-corrected chi connectivity index (χ0v) is 14.5. The Hall–Kier alpha value is -1.27. The van der Waals surface area contributed by atoms with Crippen LogP contribution in [0.25, 0.3) is 0 Å². The first-order valence-electron chi connectivity index (χ1n) is 9.18. The third-order valence-corrected chi connectivity index (χ3v) is 4.53. The van der Waals surface area contributed by atoms with Crippen molar-refractivity contribution in [2.24, 2.45) is 11.8 Å². The number of unbranched alkanes of at least 4 members (excludes halogenated alkanes) is 3. The second kappa shape index (κ2) is 12.2. The van der Waals surface area contributed by atoms with Gasteiger partial charge < -0.3 is 10.2 Å². The summed E-state index contributed by atoms with van der Waals surface area (Å²) < 4.78 is 0. The smallest absolute Gasteiger partial charge is 0.303 e. The minimum Gasteiger partial charge on any atom is -0.481 e. The molecule has 1 saturated carbocycles. The molecule has 0 amide bonds. The molecule has 0 unspecified atom stereocenters. The van der Waals surface area contributed by atoms with Crippen molar-refractivity contribution in [1.29, 1.82) is 0 Å². The van der Waals surface area contributed by atoms with Gasteiger partial charge in [-0.1, -0.05) is 50.9 Å². The van der Waals surface area contributed by atoms with Crippen molar-refractivity contribution in [1.82, 2.24) is 0 Å². The number of allylic oxidation sites excluding steroid dienone is 1. The van der Waals surface area contributed by atoms with E-state index < -0.39 is 5.97 Å². The number of carbonyl (C=O) groups is 1. The molecule has 3 nitrogen and oxygen atoms in total. The second-order valence-electron chi connectivity index (χ2n) is 6.68. The first-order chi connectivity index (χ1) is 11.1. The summed E-state index contributed by atoms with van der Waals surface area (Å²) in [4.78, 5) is 10.4. The largest absolute Gasteiger partial charge is 0.481 e. The molecule has 3 heteroatoms. The number of aliphatic hydroxyl groups excluding tert-OH is 1. The third-order valence-electron chi connectivity index (χ3n) is 4.53. The van der Waals surface area contributed by atoms with Crippen LogP contribution in [0.1, 0.15) is 77.6 Å². The lowest BCUT2D eigenvalue weighted by atomic mass is 10.1. The Labute approximate surface area is 141 Å². The maximum Gasteiger partial charge on any atom is 0.303 e. The molecule has 3 atom stereocenters. The molecule has 0 aromatic rings. The van der Waals surface area contributed by atoms with Crippen LogP contribution >= 0.6 is 0 Å². The number of carboxylic acids is 1. The molecular weight excluding hydrogens is 288 g/mol. The van der Waals surface area contributed by atoms with Gasteiger partial charge >= 0.3 is 5.97 Å². The fraction of sp³-hybridized carbons (Fsp3) is 0.750. The summed E-state index contributed by atoms with van der Waals surface area (Å²) in [6, 6.07) is 0. The highest BCUT2D eigenvalue weighted by Gasteiger charge is 2.35. The van der Waals surface area contributed by atoms with Gasteiger partial charge in [-0.2, -0.15) is 0 Å². The molecule has 0 spiro atoms. The molecule has 0 heterocycles. The first-order valence-corrected chi connectivity index (χ1v) is 9.18. The fourth-order valence-corrected chi connectivity index (χ4v) is 2.95. The lowest BCUT2D eigenvalue weighted by molar-refractivity contribution is -0.137. The van der Waals surface area contributed by atoms with Gasteiger partial charge in [-0.05, 0) is 49.7 Å². The molecule has 130 valence electrons. The highest BCUT2D eigenvalue weighted by Crippen LogP contribution is 2.45. The normalized spacial score (nSPS) is 21.0. The molecule has 23 heavy (non-hydrogen) atoms. The van der Waals surface area contributed by atoms with Gasteiger partial charge in [0.1, 0.15) is 0 Å². The van der Waals surface area contributed by atoms with E-state index in [-0.39, 0.29) is 6.10 Å². The Bertz CT molecular complexity index is 416. The Morgan fingerprint density at radius 3 is 2.74 bits per heavy atom. The highest BCUT2D eigenvalue weighted by molar-refractivity contribution is 5.66. The summed E-state index contributed by atoms with van der Waals surface area (Å²) in [7, 11) is 0. The average Bonchev–Trinajstić information content (AvgIpc) is 3.26. The SMILES string of the molecule is CCCCC[C@H](O)/C=C/C#CCC[C@H]1C[C@H]1CCCCC(=O)O. The van der Waals surface area contributed by atoms with Crippen LogP contribution in [0.15, 0.2) is 12.2 Å². The molecule has 0 radical (unpaired) electrons. The van der Waals surface area contributed by atoms with Gasteiger partial charge in [0.05, 0.1) is 6.10 Å². The number of hydrogen-bond donors (Lipinski definition) is 2. The maximum atomic E-state index is 10.4. The molecule has 0 aliphatic heterocycles. The maximum absolute atomic E-state index is 10.4. The fourth-order valence-electron chi connectivity index (χ4n) is 2.95. The van der Waals surface area contributed by atoms with E-state index in [2.05, 4.69) is 18.8 Å². The van der Waals surface area contributed by atoms with Crippen LogP contribution in [-0.4, -0.2) is 22.3 Å². The van der Waals surface area contributed by atoms with Crippen molar-refractivity contribution in [2.75, 3.05) is 0 Å². The van der Waals surface area contributed by atoms with E-state index in [9.17, 15) is 9.90 Å². The van der Waals surface area contributed by atoms with Crippen LogP contribution in [-0.2, 0) is 4.79 Å². The van der Waals surface area contributed by atoms with Crippen molar-refractivity contribution in [3.05, 3.63) is 12.2 Å². The molecular formula is C20H32O3. The van der Waals surface area contributed by atoms with Gasteiger partial charge in [0.2, 0.25) is 0 Å². The lowest BCUT2D eigenvalue weighted by Gasteiger charge is -2.02. The van der Waals surface area contributed by atoms with Crippen LogP contribution in [0.3, 0.4) is 0 Å². The van der Waals surface area contributed by atoms with E-state index in [0.717, 1.165) is 50.4 Å². The molecule has 2 N–H and O–H groups in total. The van der Waals surface area contributed by atoms with Gasteiger partial charge in [-0.3, -0.25) is 4.79 Å². The highest BCUT2D eigenvalue weighted by atomic mass is 16.4. The summed E-state index contributed by atoms with van der Waals surface area (Å²) in [5.74, 6) is 7.10.